The first-order chi connectivity index (χ1) is 7.59. The average molecular weight is 226 g/mol. The Labute approximate surface area is 99.8 Å². The summed E-state index contributed by atoms with van der Waals surface area (Å²) in [5.41, 5.74) is 1.27. The van der Waals surface area contributed by atoms with E-state index in [0.717, 1.165) is 39.1 Å². The van der Waals surface area contributed by atoms with E-state index in [1.807, 2.05) is 0 Å². The van der Waals surface area contributed by atoms with Gasteiger partial charge in [-0.3, -0.25) is 4.90 Å². The molecule has 0 unspecified atom stereocenters. The second-order valence-corrected chi connectivity index (χ2v) is 5.04. The second-order valence-electron chi connectivity index (χ2n) is 5.04. The van der Waals surface area contributed by atoms with Crippen molar-refractivity contribution in [1.82, 2.24) is 10.2 Å². The Hall–Kier alpha value is -0.380. The summed E-state index contributed by atoms with van der Waals surface area (Å²) in [5, 5.41) is 3.40. The molecule has 1 fully saturated rings. The van der Waals surface area contributed by atoms with Crippen LogP contribution >= 0.6 is 0 Å². The Bertz CT molecular complexity index is 210. The van der Waals surface area contributed by atoms with Gasteiger partial charge in [0.1, 0.15) is 0 Å². The van der Waals surface area contributed by atoms with Crippen molar-refractivity contribution in [2.45, 2.75) is 38.8 Å². The SMILES string of the molecule is C=C(CNC(C)C)CN(C)C1CCOCC1. The first kappa shape index (κ1) is 13.7. The highest BCUT2D eigenvalue weighted by atomic mass is 16.5. The molecule has 1 N–H and O–H groups in total. The summed E-state index contributed by atoms with van der Waals surface area (Å²) in [4.78, 5) is 2.41. The third-order valence-electron chi connectivity index (χ3n) is 3.05. The predicted molar refractivity (Wildman–Crippen MR) is 68.7 cm³/mol. The van der Waals surface area contributed by atoms with Crippen molar-refractivity contribution in [2.24, 2.45) is 0 Å². The van der Waals surface area contributed by atoms with E-state index in [4.69, 9.17) is 4.74 Å². The number of rotatable bonds is 6. The quantitative estimate of drug-likeness (QED) is 0.697. The maximum absolute atomic E-state index is 5.37. The molecule has 1 aliphatic rings. The normalized spacial score (nSPS) is 18.3. The van der Waals surface area contributed by atoms with Crippen molar-refractivity contribution < 1.29 is 4.74 Å². The Morgan fingerprint density at radius 3 is 2.62 bits per heavy atom. The lowest BCUT2D eigenvalue weighted by Gasteiger charge is -2.31. The lowest BCUT2D eigenvalue weighted by molar-refractivity contribution is 0.0457. The van der Waals surface area contributed by atoms with Crippen molar-refractivity contribution >= 4 is 0 Å². The van der Waals surface area contributed by atoms with E-state index in [1.165, 1.54) is 5.57 Å². The minimum atomic E-state index is 0.533. The first-order valence-electron chi connectivity index (χ1n) is 6.27. The number of hydrogen-bond donors (Lipinski definition) is 1. The zero-order chi connectivity index (χ0) is 12.0. The summed E-state index contributed by atoms with van der Waals surface area (Å²) in [5.74, 6) is 0. The van der Waals surface area contributed by atoms with Gasteiger partial charge in [-0.2, -0.15) is 0 Å². The fourth-order valence-corrected chi connectivity index (χ4v) is 2.01. The molecule has 94 valence electrons. The van der Waals surface area contributed by atoms with Crippen LogP contribution < -0.4 is 5.32 Å². The Morgan fingerprint density at radius 2 is 2.06 bits per heavy atom. The summed E-state index contributed by atoms with van der Waals surface area (Å²) >= 11 is 0. The highest BCUT2D eigenvalue weighted by molar-refractivity contribution is 5.00. The minimum Gasteiger partial charge on any atom is -0.381 e. The molecule has 3 nitrogen and oxygen atoms in total. The van der Waals surface area contributed by atoms with Crippen LogP contribution in [0.1, 0.15) is 26.7 Å². The van der Waals surface area contributed by atoms with Crippen molar-refractivity contribution in [1.29, 1.82) is 0 Å². The van der Waals surface area contributed by atoms with Crippen molar-refractivity contribution in [3.8, 4) is 0 Å². The fourth-order valence-electron chi connectivity index (χ4n) is 2.01. The van der Waals surface area contributed by atoms with Gasteiger partial charge in [0.2, 0.25) is 0 Å². The number of nitrogens with zero attached hydrogens (tertiary/aromatic N) is 1. The van der Waals surface area contributed by atoms with Crippen LogP contribution in [0.15, 0.2) is 12.2 Å². The number of ether oxygens (including phenoxy) is 1. The second kappa shape index (κ2) is 7.05. The molecule has 3 heteroatoms. The molecule has 1 aliphatic heterocycles. The topological polar surface area (TPSA) is 24.5 Å². The van der Waals surface area contributed by atoms with Gasteiger partial charge in [0.05, 0.1) is 0 Å². The predicted octanol–water partition coefficient (Wildman–Crippen LogP) is 1.65. The van der Waals surface area contributed by atoms with Crippen LogP contribution in [-0.2, 0) is 4.74 Å². The summed E-state index contributed by atoms with van der Waals surface area (Å²) in [7, 11) is 2.19. The van der Waals surface area contributed by atoms with E-state index in [9.17, 15) is 0 Å². The molecule has 0 atom stereocenters. The van der Waals surface area contributed by atoms with Gasteiger partial charge in [0.25, 0.3) is 0 Å². The lowest BCUT2D eigenvalue weighted by Crippen LogP contribution is -2.39. The molecule has 16 heavy (non-hydrogen) atoms. The summed E-state index contributed by atoms with van der Waals surface area (Å²) in [6, 6.07) is 1.20. The summed E-state index contributed by atoms with van der Waals surface area (Å²) in [6.45, 7) is 12.2. The van der Waals surface area contributed by atoms with Crippen LogP contribution in [0.3, 0.4) is 0 Å². The van der Waals surface area contributed by atoms with E-state index < -0.39 is 0 Å². The van der Waals surface area contributed by atoms with E-state index in [1.54, 1.807) is 0 Å². The molecule has 0 aromatic carbocycles. The average Bonchev–Trinajstić information content (AvgIpc) is 2.27. The maximum atomic E-state index is 5.37. The Morgan fingerprint density at radius 1 is 1.44 bits per heavy atom. The Kier molecular flexibility index (Phi) is 6.03. The molecule has 0 spiro atoms. The number of likely N-dealkylation sites (N-methyl/N-ethyl adjacent to an activating group) is 1. The molecule has 1 rings (SSSR count). The highest BCUT2D eigenvalue weighted by Crippen LogP contribution is 2.13. The molecule has 0 bridgehead atoms. The summed E-state index contributed by atoms with van der Waals surface area (Å²) < 4.78 is 5.37. The third-order valence-corrected chi connectivity index (χ3v) is 3.05. The minimum absolute atomic E-state index is 0.533. The standard InChI is InChI=1S/C13H26N2O/c1-11(2)14-9-12(3)10-15(4)13-5-7-16-8-6-13/h11,13-14H,3,5-10H2,1-2,4H3. The number of nitrogens with one attached hydrogen (secondary N) is 1. The van der Waals surface area contributed by atoms with E-state index in [-0.39, 0.29) is 0 Å². The smallest absolute Gasteiger partial charge is 0.0480 e. The van der Waals surface area contributed by atoms with Gasteiger partial charge in [0.15, 0.2) is 0 Å². The van der Waals surface area contributed by atoms with E-state index >= 15 is 0 Å². The molecule has 0 radical (unpaired) electrons. The van der Waals surface area contributed by atoms with Crippen LogP contribution in [0.25, 0.3) is 0 Å². The van der Waals surface area contributed by atoms with Crippen LogP contribution in [0.5, 0.6) is 0 Å². The van der Waals surface area contributed by atoms with Crippen molar-refractivity contribution in [3.05, 3.63) is 12.2 Å². The van der Waals surface area contributed by atoms with Gasteiger partial charge in [-0.05, 0) is 25.5 Å². The maximum Gasteiger partial charge on any atom is 0.0480 e. The van der Waals surface area contributed by atoms with Gasteiger partial charge in [-0.15, -0.1) is 0 Å². The molecule has 0 aromatic rings. The lowest BCUT2D eigenvalue weighted by atomic mass is 10.1. The molecule has 1 saturated heterocycles. The monoisotopic (exact) mass is 226 g/mol. The van der Waals surface area contributed by atoms with E-state index in [2.05, 4.69) is 37.7 Å². The van der Waals surface area contributed by atoms with Gasteiger partial charge < -0.3 is 10.1 Å². The van der Waals surface area contributed by atoms with Crippen LogP contribution in [0.4, 0.5) is 0 Å². The van der Waals surface area contributed by atoms with E-state index in [0.29, 0.717) is 12.1 Å². The zero-order valence-corrected chi connectivity index (χ0v) is 11.0. The van der Waals surface area contributed by atoms with Crippen LogP contribution in [0, 0.1) is 0 Å². The fraction of sp³-hybridized carbons (Fsp3) is 0.846. The zero-order valence-electron chi connectivity index (χ0n) is 11.0. The highest BCUT2D eigenvalue weighted by Gasteiger charge is 2.18. The van der Waals surface area contributed by atoms with Crippen LogP contribution in [0.2, 0.25) is 0 Å². The molecule has 0 saturated carbocycles. The van der Waals surface area contributed by atoms with Crippen LogP contribution in [-0.4, -0.2) is 50.3 Å². The summed E-state index contributed by atoms with van der Waals surface area (Å²) in [6.07, 6.45) is 2.31. The molecule has 1 heterocycles. The Balaban J connectivity index is 2.21. The van der Waals surface area contributed by atoms with Gasteiger partial charge in [0, 0.05) is 38.4 Å². The van der Waals surface area contributed by atoms with Crippen molar-refractivity contribution in [3.63, 3.8) is 0 Å². The number of hydrogen-bond acceptors (Lipinski definition) is 3. The molecule has 0 aliphatic carbocycles. The van der Waals surface area contributed by atoms with Crippen molar-refractivity contribution in [2.75, 3.05) is 33.4 Å². The third kappa shape index (κ3) is 5.10. The largest absolute Gasteiger partial charge is 0.381 e. The molecule has 0 amide bonds. The first-order valence-corrected chi connectivity index (χ1v) is 6.27. The van der Waals surface area contributed by atoms with Gasteiger partial charge in [-0.25, -0.2) is 0 Å². The molecular weight excluding hydrogens is 200 g/mol. The molecule has 0 aromatic heterocycles. The van der Waals surface area contributed by atoms with Gasteiger partial charge >= 0.3 is 0 Å². The molecular formula is C13H26N2O. The van der Waals surface area contributed by atoms with Gasteiger partial charge in [-0.1, -0.05) is 20.4 Å².